The lowest BCUT2D eigenvalue weighted by Gasteiger charge is -2.12. The van der Waals surface area contributed by atoms with Crippen LogP contribution in [-0.2, 0) is 11.4 Å². The maximum absolute atomic E-state index is 10.6. The Morgan fingerprint density at radius 3 is 2.45 bits per heavy atom. The molecule has 0 aliphatic heterocycles. The fraction of sp³-hybridized carbons (Fsp3) is 0.0625. The van der Waals surface area contributed by atoms with Crippen LogP contribution in [0.25, 0.3) is 6.08 Å². The summed E-state index contributed by atoms with van der Waals surface area (Å²) < 4.78 is 5.70. The van der Waals surface area contributed by atoms with Crippen molar-refractivity contribution < 1.29 is 14.6 Å². The minimum atomic E-state index is -1.06. The number of ether oxygens (including phenoxy) is 1. The Labute approximate surface area is 142 Å². The summed E-state index contributed by atoms with van der Waals surface area (Å²) >= 11 is 18.1. The molecule has 0 spiro atoms. The molecule has 0 atom stereocenters. The van der Waals surface area contributed by atoms with Gasteiger partial charge in [-0.25, -0.2) is 4.79 Å². The number of carboxylic acid groups (broad SMARTS) is 1. The predicted octanol–water partition coefficient (Wildman–Crippen LogP) is 5.32. The van der Waals surface area contributed by atoms with Gasteiger partial charge < -0.3 is 9.84 Å². The number of hydrogen-bond acceptors (Lipinski definition) is 2. The Balaban J connectivity index is 2.24. The largest absolute Gasteiger partial charge is 0.488 e. The Bertz CT molecular complexity index is 706. The van der Waals surface area contributed by atoms with Crippen molar-refractivity contribution in [2.75, 3.05) is 0 Å². The van der Waals surface area contributed by atoms with Crippen molar-refractivity contribution in [3.05, 3.63) is 68.7 Å². The van der Waals surface area contributed by atoms with Gasteiger partial charge in [-0.2, -0.15) is 0 Å². The van der Waals surface area contributed by atoms with Crippen LogP contribution < -0.4 is 4.74 Å². The molecule has 22 heavy (non-hydrogen) atoms. The molecule has 0 amide bonds. The van der Waals surface area contributed by atoms with E-state index in [1.54, 1.807) is 36.4 Å². The maximum Gasteiger partial charge on any atom is 0.328 e. The van der Waals surface area contributed by atoms with E-state index in [0.29, 0.717) is 31.9 Å². The van der Waals surface area contributed by atoms with Crippen LogP contribution in [-0.4, -0.2) is 11.1 Å². The van der Waals surface area contributed by atoms with Crippen molar-refractivity contribution >= 4 is 46.8 Å². The average Bonchev–Trinajstić information content (AvgIpc) is 2.46. The number of halogens is 3. The molecule has 0 saturated carbocycles. The zero-order valence-electron chi connectivity index (χ0n) is 11.2. The molecule has 0 heterocycles. The molecule has 2 rings (SSSR count). The molecule has 1 N–H and O–H groups in total. The van der Waals surface area contributed by atoms with Crippen LogP contribution in [0.4, 0.5) is 0 Å². The minimum Gasteiger partial charge on any atom is -0.488 e. The third-order valence-corrected chi connectivity index (χ3v) is 3.75. The first-order valence-electron chi connectivity index (χ1n) is 6.23. The van der Waals surface area contributed by atoms with Crippen LogP contribution in [0.1, 0.15) is 11.1 Å². The second-order valence-corrected chi connectivity index (χ2v) is 5.59. The van der Waals surface area contributed by atoms with Crippen molar-refractivity contribution in [1.82, 2.24) is 0 Å². The fourth-order valence-electron chi connectivity index (χ4n) is 1.76. The highest BCUT2D eigenvalue weighted by Crippen LogP contribution is 2.29. The minimum absolute atomic E-state index is 0.161. The number of carbonyl (C=O) groups is 1. The molecule has 0 aromatic heterocycles. The van der Waals surface area contributed by atoms with E-state index in [0.717, 1.165) is 6.08 Å². The van der Waals surface area contributed by atoms with Crippen molar-refractivity contribution in [3.63, 3.8) is 0 Å². The lowest BCUT2D eigenvalue weighted by molar-refractivity contribution is -0.131. The van der Waals surface area contributed by atoms with E-state index < -0.39 is 5.97 Å². The Hall–Kier alpha value is -1.68. The summed E-state index contributed by atoms with van der Waals surface area (Å²) in [6.07, 6.45) is 2.43. The van der Waals surface area contributed by atoms with Crippen molar-refractivity contribution in [2.24, 2.45) is 0 Å². The molecular formula is C16H11Cl3O3. The van der Waals surface area contributed by atoms with Gasteiger partial charge in [0.25, 0.3) is 0 Å². The summed E-state index contributed by atoms with van der Waals surface area (Å²) in [5.74, 6) is -0.571. The average molecular weight is 358 g/mol. The van der Waals surface area contributed by atoms with Gasteiger partial charge in [-0.3, -0.25) is 0 Å². The first kappa shape index (κ1) is 16.7. The predicted molar refractivity (Wildman–Crippen MR) is 88.9 cm³/mol. The van der Waals surface area contributed by atoms with E-state index in [1.165, 1.54) is 6.08 Å². The van der Waals surface area contributed by atoms with E-state index in [2.05, 4.69) is 0 Å². The maximum atomic E-state index is 10.6. The Kier molecular flexibility index (Phi) is 5.72. The number of rotatable bonds is 5. The van der Waals surface area contributed by atoms with Gasteiger partial charge in [0, 0.05) is 32.3 Å². The molecule has 114 valence electrons. The summed E-state index contributed by atoms with van der Waals surface area (Å²) in [6.45, 7) is 0.161. The van der Waals surface area contributed by atoms with Gasteiger partial charge in [0.05, 0.1) is 0 Å². The monoisotopic (exact) mass is 356 g/mol. The van der Waals surface area contributed by atoms with Gasteiger partial charge in [-0.1, -0.05) is 40.9 Å². The number of carboxylic acids is 1. The van der Waals surface area contributed by atoms with Crippen molar-refractivity contribution in [2.45, 2.75) is 6.61 Å². The molecular weight excluding hydrogens is 347 g/mol. The van der Waals surface area contributed by atoms with Crippen LogP contribution in [0.2, 0.25) is 15.1 Å². The summed E-state index contributed by atoms with van der Waals surface area (Å²) in [6, 6.07) is 10.1. The molecule has 0 unspecified atom stereocenters. The van der Waals surface area contributed by atoms with Crippen LogP contribution in [0.15, 0.2) is 42.5 Å². The number of hydrogen-bond donors (Lipinski definition) is 1. The molecule has 2 aromatic rings. The van der Waals surface area contributed by atoms with Crippen LogP contribution in [0.5, 0.6) is 5.75 Å². The third kappa shape index (κ3) is 4.41. The first-order valence-corrected chi connectivity index (χ1v) is 7.37. The SMILES string of the molecule is O=C(O)C=Cc1cc(Cl)ccc1OCc1c(Cl)cccc1Cl. The highest BCUT2D eigenvalue weighted by Gasteiger charge is 2.08. The van der Waals surface area contributed by atoms with Gasteiger partial charge >= 0.3 is 5.97 Å². The molecule has 0 aliphatic carbocycles. The van der Waals surface area contributed by atoms with E-state index in [-0.39, 0.29) is 6.61 Å². The summed E-state index contributed by atoms with van der Waals surface area (Å²) in [4.78, 5) is 10.6. The quantitative estimate of drug-likeness (QED) is 0.736. The molecule has 0 aliphatic rings. The van der Waals surface area contributed by atoms with Gasteiger partial charge in [0.15, 0.2) is 0 Å². The fourth-order valence-corrected chi connectivity index (χ4v) is 2.45. The van der Waals surface area contributed by atoms with E-state index >= 15 is 0 Å². The summed E-state index contributed by atoms with van der Waals surface area (Å²) in [7, 11) is 0. The van der Waals surface area contributed by atoms with E-state index in [9.17, 15) is 4.79 Å². The van der Waals surface area contributed by atoms with Gasteiger partial charge in [-0.05, 0) is 36.4 Å². The zero-order valence-corrected chi connectivity index (χ0v) is 13.5. The van der Waals surface area contributed by atoms with Crippen LogP contribution >= 0.6 is 34.8 Å². The second-order valence-electron chi connectivity index (χ2n) is 4.34. The molecule has 0 saturated heterocycles. The summed E-state index contributed by atoms with van der Waals surface area (Å²) in [5.41, 5.74) is 1.21. The lowest BCUT2D eigenvalue weighted by atomic mass is 10.2. The van der Waals surface area contributed by atoms with Crippen LogP contribution in [0, 0.1) is 0 Å². The van der Waals surface area contributed by atoms with Gasteiger partial charge in [0.1, 0.15) is 12.4 Å². The van der Waals surface area contributed by atoms with Gasteiger partial charge in [-0.15, -0.1) is 0 Å². The normalized spacial score (nSPS) is 10.9. The Morgan fingerprint density at radius 1 is 1.14 bits per heavy atom. The topological polar surface area (TPSA) is 46.5 Å². The van der Waals surface area contributed by atoms with E-state index in [4.69, 9.17) is 44.6 Å². The molecule has 0 fully saturated rings. The first-order chi connectivity index (χ1) is 10.5. The summed E-state index contributed by atoms with van der Waals surface area (Å²) in [5, 5.41) is 10.2. The Morgan fingerprint density at radius 2 is 1.82 bits per heavy atom. The third-order valence-electron chi connectivity index (χ3n) is 2.81. The molecule has 2 aromatic carbocycles. The zero-order chi connectivity index (χ0) is 16.1. The number of benzene rings is 2. The van der Waals surface area contributed by atoms with Crippen molar-refractivity contribution in [1.29, 1.82) is 0 Å². The number of aliphatic carboxylic acids is 1. The van der Waals surface area contributed by atoms with Gasteiger partial charge in [0.2, 0.25) is 0 Å². The highest BCUT2D eigenvalue weighted by molar-refractivity contribution is 6.36. The lowest BCUT2D eigenvalue weighted by Crippen LogP contribution is -1.99. The van der Waals surface area contributed by atoms with Crippen LogP contribution in [0.3, 0.4) is 0 Å². The van der Waals surface area contributed by atoms with Crippen molar-refractivity contribution in [3.8, 4) is 5.75 Å². The standard InChI is InChI=1S/C16H11Cl3O3/c17-11-5-6-15(10(8-11)4-7-16(20)21)22-9-12-13(18)2-1-3-14(12)19/h1-8H,9H2,(H,20,21). The second kappa shape index (κ2) is 7.54. The molecule has 3 nitrogen and oxygen atoms in total. The molecule has 6 heteroatoms. The van der Waals surface area contributed by atoms with E-state index in [1.807, 2.05) is 0 Å². The highest BCUT2D eigenvalue weighted by atomic mass is 35.5. The molecule has 0 radical (unpaired) electrons. The molecule has 0 bridgehead atoms. The smallest absolute Gasteiger partial charge is 0.328 e.